The summed E-state index contributed by atoms with van der Waals surface area (Å²) >= 11 is 15.4. The van der Waals surface area contributed by atoms with E-state index in [9.17, 15) is 8.42 Å². The number of nitrogens with zero attached hydrogens (tertiary/aromatic N) is 2. The lowest BCUT2D eigenvalue weighted by molar-refractivity contribution is 0.601. The van der Waals surface area contributed by atoms with E-state index >= 15 is 0 Å². The Hall–Kier alpha value is -2.26. The van der Waals surface area contributed by atoms with Gasteiger partial charge < -0.3 is 10.3 Å². The van der Waals surface area contributed by atoms with Gasteiger partial charge in [-0.15, -0.1) is 0 Å². The molecule has 0 atom stereocenters. The third kappa shape index (κ3) is 4.13. The van der Waals surface area contributed by atoms with Gasteiger partial charge >= 0.3 is 0 Å². The lowest BCUT2D eigenvalue weighted by atomic mass is 10.2. The number of nitrogens with two attached hydrogens (primary N) is 1. The highest BCUT2D eigenvalue weighted by Gasteiger charge is 2.19. The molecular formula is C20H15BrCl2N4O2S. The van der Waals surface area contributed by atoms with E-state index < -0.39 is 10.0 Å². The molecule has 0 unspecified atom stereocenters. The van der Waals surface area contributed by atoms with Gasteiger partial charge in [0.15, 0.2) is 0 Å². The van der Waals surface area contributed by atoms with Gasteiger partial charge in [-0.3, -0.25) is 4.72 Å². The first-order valence-corrected chi connectivity index (χ1v) is 11.7. The highest BCUT2D eigenvalue weighted by atomic mass is 79.9. The summed E-state index contributed by atoms with van der Waals surface area (Å²) < 4.78 is 30.6. The van der Waals surface area contributed by atoms with Gasteiger partial charge in [0, 0.05) is 10.2 Å². The SMILES string of the molecule is Nc1nc2cc(Br)ccc2n1Cc1ccc(NS(=O)(=O)c2cccc(Cl)c2Cl)cc1. The van der Waals surface area contributed by atoms with Crippen molar-refractivity contribution in [2.24, 2.45) is 0 Å². The van der Waals surface area contributed by atoms with Crippen LogP contribution in [0.2, 0.25) is 10.0 Å². The van der Waals surface area contributed by atoms with Crippen LogP contribution in [0.15, 0.2) is 70.0 Å². The highest BCUT2D eigenvalue weighted by Crippen LogP contribution is 2.30. The van der Waals surface area contributed by atoms with Crippen molar-refractivity contribution in [3.8, 4) is 0 Å². The van der Waals surface area contributed by atoms with Gasteiger partial charge in [-0.2, -0.15) is 0 Å². The second kappa shape index (κ2) is 8.11. The van der Waals surface area contributed by atoms with E-state index in [1.807, 2.05) is 34.9 Å². The molecule has 0 aliphatic heterocycles. The molecule has 1 heterocycles. The van der Waals surface area contributed by atoms with E-state index in [2.05, 4.69) is 25.6 Å². The normalized spacial score (nSPS) is 11.7. The first-order chi connectivity index (χ1) is 14.2. The average Bonchev–Trinajstić information content (AvgIpc) is 2.99. The summed E-state index contributed by atoms with van der Waals surface area (Å²) in [5.41, 5.74) is 9.13. The average molecular weight is 526 g/mol. The molecule has 10 heteroatoms. The monoisotopic (exact) mass is 524 g/mol. The van der Waals surface area contributed by atoms with Gasteiger partial charge in [0.1, 0.15) is 4.90 Å². The summed E-state index contributed by atoms with van der Waals surface area (Å²) in [7, 11) is -3.87. The van der Waals surface area contributed by atoms with Crippen molar-refractivity contribution >= 4 is 71.8 Å². The zero-order valence-corrected chi connectivity index (χ0v) is 19.2. The Kier molecular flexibility index (Phi) is 5.67. The fourth-order valence-electron chi connectivity index (χ4n) is 3.05. The van der Waals surface area contributed by atoms with Crippen LogP contribution in [0.4, 0.5) is 11.6 Å². The maximum atomic E-state index is 12.6. The topological polar surface area (TPSA) is 90.0 Å². The maximum absolute atomic E-state index is 12.6. The molecule has 0 amide bonds. The number of fused-ring (bicyclic) bond motifs is 1. The van der Waals surface area contributed by atoms with Gasteiger partial charge in [-0.1, -0.05) is 57.3 Å². The molecule has 0 radical (unpaired) electrons. The summed E-state index contributed by atoms with van der Waals surface area (Å²) in [4.78, 5) is 4.30. The molecule has 0 aliphatic rings. The van der Waals surface area contributed by atoms with Crippen molar-refractivity contribution in [2.75, 3.05) is 10.5 Å². The Morgan fingerprint density at radius 3 is 2.53 bits per heavy atom. The molecule has 0 spiro atoms. The zero-order chi connectivity index (χ0) is 21.5. The third-order valence-corrected chi connectivity index (χ3v) is 7.34. The molecule has 0 bridgehead atoms. The molecule has 6 nitrogen and oxygen atoms in total. The second-order valence-electron chi connectivity index (χ2n) is 6.54. The molecule has 154 valence electrons. The summed E-state index contributed by atoms with van der Waals surface area (Å²) in [6.07, 6.45) is 0. The zero-order valence-electron chi connectivity index (χ0n) is 15.3. The van der Waals surface area contributed by atoms with Crippen LogP contribution in [0, 0.1) is 0 Å². The number of hydrogen-bond donors (Lipinski definition) is 2. The summed E-state index contributed by atoms with van der Waals surface area (Å²) in [5, 5.41) is 0.157. The number of nitrogens with one attached hydrogen (secondary N) is 1. The van der Waals surface area contributed by atoms with Crippen molar-refractivity contribution < 1.29 is 8.42 Å². The molecule has 0 saturated carbocycles. The number of aromatic nitrogens is 2. The fourth-order valence-corrected chi connectivity index (χ4v) is 5.22. The van der Waals surface area contributed by atoms with Crippen LogP contribution in [0.5, 0.6) is 0 Å². The van der Waals surface area contributed by atoms with E-state index in [1.54, 1.807) is 12.1 Å². The van der Waals surface area contributed by atoms with Gasteiger partial charge in [-0.05, 0) is 48.0 Å². The molecule has 0 saturated heterocycles. The standard InChI is InChI=1S/C20H15BrCl2N4O2S/c21-13-6-9-17-16(10-13)25-20(24)27(17)11-12-4-7-14(8-5-12)26-30(28,29)18-3-1-2-15(22)19(18)23/h1-10,26H,11H2,(H2,24,25). The predicted octanol–water partition coefficient (Wildman–Crippen LogP) is 5.54. The predicted molar refractivity (Wildman–Crippen MR) is 125 cm³/mol. The Balaban J connectivity index is 1.57. The molecular weight excluding hydrogens is 511 g/mol. The quantitative estimate of drug-likeness (QED) is 0.358. The number of halogens is 3. The lowest BCUT2D eigenvalue weighted by Crippen LogP contribution is -2.13. The Morgan fingerprint density at radius 1 is 1.07 bits per heavy atom. The van der Waals surface area contributed by atoms with E-state index in [-0.39, 0.29) is 14.9 Å². The fraction of sp³-hybridized carbons (Fsp3) is 0.0500. The number of benzene rings is 3. The van der Waals surface area contributed by atoms with E-state index in [4.69, 9.17) is 28.9 Å². The first-order valence-electron chi connectivity index (χ1n) is 8.71. The van der Waals surface area contributed by atoms with Gasteiger partial charge in [0.2, 0.25) is 5.95 Å². The van der Waals surface area contributed by atoms with Crippen LogP contribution >= 0.6 is 39.1 Å². The van der Waals surface area contributed by atoms with Crippen LogP contribution in [0.3, 0.4) is 0 Å². The van der Waals surface area contributed by atoms with Crippen LogP contribution < -0.4 is 10.5 Å². The number of rotatable bonds is 5. The minimum atomic E-state index is -3.87. The van der Waals surface area contributed by atoms with Crippen molar-refractivity contribution in [1.82, 2.24) is 9.55 Å². The van der Waals surface area contributed by atoms with Crippen molar-refractivity contribution in [2.45, 2.75) is 11.4 Å². The van der Waals surface area contributed by atoms with E-state index in [0.29, 0.717) is 18.2 Å². The Morgan fingerprint density at radius 2 is 1.80 bits per heavy atom. The van der Waals surface area contributed by atoms with Crippen molar-refractivity contribution in [3.63, 3.8) is 0 Å². The van der Waals surface area contributed by atoms with E-state index in [1.165, 1.54) is 18.2 Å². The minimum absolute atomic E-state index is 0.0163. The second-order valence-corrected chi connectivity index (χ2v) is 9.90. The first kappa shape index (κ1) is 21.0. The maximum Gasteiger partial charge on any atom is 0.263 e. The number of nitrogen functional groups attached to an aromatic ring is 1. The van der Waals surface area contributed by atoms with Crippen LogP contribution in [-0.2, 0) is 16.6 Å². The lowest BCUT2D eigenvalue weighted by Gasteiger charge is -2.11. The van der Waals surface area contributed by atoms with Gasteiger partial charge in [0.25, 0.3) is 10.0 Å². The number of imidazole rings is 1. The number of sulfonamides is 1. The Labute approximate surface area is 191 Å². The number of anilines is 2. The van der Waals surface area contributed by atoms with Crippen LogP contribution in [-0.4, -0.2) is 18.0 Å². The molecule has 3 aromatic carbocycles. The smallest absolute Gasteiger partial charge is 0.263 e. The molecule has 4 aromatic rings. The van der Waals surface area contributed by atoms with Crippen molar-refractivity contribution in [3.05, 3.63) is 80.7 Å². The van der Waals surface area contributed by atoms with Crippen LogP contribution in [0.25, 0.3) is 11.0 Å². The van der Waals surface area contributed by atoms with Crippen LogP contribution in [0.1, 0.15) is 5.56 Å². The highest BCUT2D eigenvalue weighted by molar-refractivity contribution is 9.10. The number of hydrogen-bond acceptors (Lipinski definition) is 4. The molecule has 3 N–H and O–H groups in total. The molecule has 1 aromatic heterocycles. The molecule has 4 rings (SSSR count). The van der Waals surface area contributed by atoms with Crippen molar-refractivity contribution in [1.29, 1.82) is 0 Å². The summed E-state index contributed by atoms with van der Waals surface area (Å²) in [6, 6.07) is 17.2. The summed E-state index contributed by atoms with van der Waals surface area (Å²) in [5.74, 6) is 0.406. The van der Waals surface area contributed by atoms with Gasteiger partial charge in [0.05, 0.1) is 27.6 Å². The summed E-state index contributed by atoms with van der Waals surface area (Å²) in [6.45, 7) is 0.497. The largest absolute Gasteiger partial charge is 0.369 e. The van der Waals surface area contributed by atoms with E-state index in [0.717, 1.165) is 21.1 Å². The Bertz CT molecular complexity index is 1360. The minimum Gasteiger partial charge on any atom is -0.369 e. The van der Waals surface area contributed by atoms with Gasteiger partial charge in [-0.25, -0.2) is 13.4 Å². The molecule has 0 aliphatic carbocycles. The third-order valence-electron chi connectivity index (χ3n) is 4.49. The molecule has 0 fully saturated rings. The molecule has 30 heavy (non-hydrogen) atoms.